The summed E-state index contributed by atoms with van der Waals surface area (Å²) in [5.74, 6) is 0.428. The van der Waals surface area contributed by atoms with Crippen LogP contribution in [-0.4, -0.2) is 36.2 Å². The number of thiazole rings is 1. The van der Waals surface area contributed by atoms with Gasteiger partial charge in [0.15, 0.2) is 17.6 Å². The Morgan fingerprint density at radius 2 is 1.97 bits per heavy atom. The number of aryl methyl sites for hydroxylation is 1. The zero-order valence-electron chi connectivity index (χ0n) is 16.6. The summed E-state index contributed by atoms with van der Waals surface area (Å²) in [5, 5.41) is 3.73. The Balaban J connectivity index is 1.23. The van der Waals surface area contributed by atoms with Crippen LogP contribution in [-0.2, 0) is 20.7 Å². The zero-order valence-corrected chi connectivity index (χ0v) is 17.4. The van der Waals surface area contributed by atoms with E-state index in [9.17, 15) is 9.59 Å². The molecular weight excluding hydrogens is 404 g/mol. The summed E-state index contributed by atoms with van der Waals surface area (Å²) < 4.78 is 17.4. The second-order valence-electron chi connectivity index (χ2n) is 6.91. The lowest BCUT2D eigenvalue weighted by molar-refractivity contribution is -0.153. The number of para-hydroxylation sites is 1. The number of hydrogen-bond donors (Lipinski definition) is 1. The van der Waals surface area contributed by atoms with Gasteiger partial charge in [-0.15, -0.1) is 11.3 Å². The van der Waals surface area contributed by atoms with Gasteiger partial charge in [0.1, 0.15) is 13.2 Å². The highest BCUT2D eigenvalue weighted by atomic mass is 32.1. The van der Waals surface area contributed by atoms with Crippen LogP contribution >= 0.6 is 11.3 Å². The zero-order chi connectivity index (χ0) is 20.9. The number of fused-ring (bicyclic) bond motifs is 2. The summed E-state index contributed by atoms with van der Waals surface area (Å²) in [6.45, 7) is 2.53. The number of hydrogen-bond acceptors (Lipinski definition) is 7. The van der Waals surface area contributed by atoms with Crippen molar-refractivity contribution < 1.29 is 23.8 Å². The van der Waals surface area contributed by atoms with Crippen LogP contribution < -0.4 is 14.8 Å². The Morgan fingerprint density at radius 1 is 1.17 bits per heavy atom. The molecule has 0 spiro atoms. The Hall–Kier alpha value is -3.13. The first kappa shape index (κ1) is 20.2. The molecule has 0 saturated heterocycles. The summed E-state index contributed by atoms with van der Waals surface area (Å²) in [4.78, 5) is 29.0. The van der Waals surface area contributed by atoms with Gasteiger partial charge in [-0.25, -0.2) is 4.98 Å². The third-order valence-electron chi connectivity index (χ3n) is 4.60. The van der Waals surface area contributed by atoms with Crippen LogP contribution in [0.3, 0.4) is 0 Å². The minimum absolute atomic E-state index is 0.234. The normalized spacial score (nSPS) is 13.6. The van der Waals surface area contributed by atoms with Gasteiger partial charge in [-0.05, 0) is 44.0 Å². The predicted molar refractivity (Wildman–Crippen MR) is 114 cm³/mol. The number of ether oxygens (including phenoxy) is 3. The van der Waals surface area contributed by atoms with Crippen LogP contribution in [0.2, 0.25) is 0 Å². The minimum atomic E-state index is -0.895. The fourth-order valence-corrected chi connectivity index (χ4v) is 4.09. The van der Waals surface area contributed by atoms with Crippen LogP contribution in [0, 0.1) is 0 Å². The minimum Gasteiger partial charge on any atom is -0.486 e. The molecule has 1 N–H and O–H groups in total. The highest BCUT2D eigenvalue weighted by molar-refractivity contribution is 7.18. The summed E-state index contributed by atoms with van der Waals surface area (Å²) in [6, 6.07) is 13.1. The van der Waals surface area contributed by atoms with E-state index in [0.717, 1.165) is 15.2 Å². The molecule has 4 rings (SSSR count). The number of esters is 1. The van der Waals surface area contributed by atoms with Gasteiger partial charge in [-0.1, -0.05) is 12.1 Å². The van der Waals surface area contributed by atoms with Gasteiger partial charge in [-0.3, -0.25) is 9.59 Å². The second-order valence-corrected chi connectivity index (χ2v) is 8.02. The quantitative estimate of drug-likeness (QED) is 0.576. The molecule has 8 heteroatoms. The van der Waals surface area contributed by atoms with E-state index < -0.39 is 18.0 Å². The number of nitrogens with one attached hydrogen (secondary N) is 1. The number of aromatic nitrogens is 1. The van der Waals surface area contributed by atoms with Gasteiger partial charge in [0.2, 0.25) is 0 Å². The highest BCUT2D eigenvalue weighted by Crippen LogP contribution is 2.32. The number of amides is 1. The summed E-state index contributed by atoms with van der Waals surface area (Å²) in [5.41, 5.74) is 1.53. The maximum absolute atomic E-state index is 12.3. The van der Waals surface area contributed by atoms with E-state index in [4.69, 9.17) is 14.2 Å². The van der Waals surface area contributed by atoms with E-state index in [-0.39, 0.29) is 6.42 Å². The average molecular weight is 426 g/mol. The lowest BCUT2D eigenvalue weighted by Gasteiger charge is -2.19. The Bertz CT molecular complexity index is 1030. The number of rotatable bonds is 7. The van der Waals surface area contributed by atoms with Crippen molar-refractivity contribution in [2.45, 2.75) is 32.3 Å². The van der Waals surface area contributed by atoms with E-state index in [1.54, 1.807) is 36.5 Å². The standard InChI is InChI=1S/C22H22N2O5S/c1-14(22(26)23-15-9-10-17-18(13-15)28-12-11-27-17)29-21(25)8-4-7-20-24-16-5-2-3-6-19(16)30-20/h2-3,5-6,9-10,13-14H,4,7-8,11-12H2,1H3,(H,23,26)/t14-/m1/s1. The van der Waals surface area contributed by atoms with Gasteiger partial charge in [0.25, 0.3) is 5.91 Å². The number of nitrogens with zero attached hydrogens (tertiary/aromatic N) is 1. The summed E-state index contributed by atoms with van der Waals surface area (Å²) >= 11 is 1.63. The van der Waals surface area contributed by atoms with E-state index >= 15 is 0 Å². The molecule has 3 aromatic rings. The second kappa shape index (κ2) is 9.13. The SMILES string of the molecule is C[C@@H](OC(=O)CCCc1nc2ccccc2s1)C(=O)Nc1ccc2c(c1)OCCO2. The fourth-order valence-electron chi connectivity index (χ4n) is 3.09. The molecule has 0 aliphatic carbocycles. The number of benzene rings is 2. The van der Waals surface area contributed by atoms with Gasteiger partial charge in [-0.2, -0.15) is 0 Å². The monoisotopic (exact) mass is 426 g/mol. The molecule has 7 nitrogen and oxygen atoms in total. The number of anilines is 1. The molecule has 30 heavy (non-hydrogen) atoms. The smallest absolute Gasteiger partial charge is 0.306 e. The average Bonchev–Trinajstić information content (AvgIpc) is 3.16. The Morgan fingerprint density at radius 3 is 2.80 bits per heavy atom. The van der Waals surface area contributed by atoms with Gasteiger partial charge < -0.3 is 19.5 Å². The van der Waals surface area contributed by atoms with Crippen LogP contribution in [0.5, 0.6) is 11.5 Å². The third-order valence-corrected chi connectivity index (χ3v) is 5.69. The van der Waals surface area contributed by atoms with E-state index in [0.29, 0.717) is 43.2 Å². The molecule has 1 atom stereocenters. The summed E-state index contributed by atoms with van der Waals surface area (Å²) in [6.07, 6.45) is 0.659. The van der Waals surface area contributed by atoms with Crippen molar-refractivity contribution >= 4 is 39.1 Å². The highest BCUT2D eigenvalue weighted by Gasteiger charge is 2.19. The van der Waals surface area contributed by atoms with Gasteiger partial charge >= 0.3 is 5.97 Å². The molecule has 1 amide bonds. The maximum atomic E-state index is 12.3. The molecule has 0 unspecified atom stereocenters. The van der Waals surface area contributed by atoms with Gasteiger partial charge in [0.05, 0.1) is 15.2 Å². The van der Waals surface area contributed by atoms with Crippen LogP contribution in [0.4, 0.5) is 5.69 Å². The van der Waals surface area contributed by atoms with Crippen LogP contribution in [0.15, 0.2) is 42.5 Å². The Labute approximate surface area is 178 Å². The largest absolute Gasteiger partial charge is 0.486 e. The molecule has 0 fully saturated rings. The van der Waals surface area contributed by atoms with Crippen molar-refractivity contribution in [3.8, 4) is 11.5 Å². The molecule has 1 aromatic heterocycles. The van der Waals surface area contributed by atoms with Crippen molar-refractivity contribution in [3.05, 3.63) is 47.5 Å². The molecule has 0 radical (unpaired) electrons. The van der Waals surface area contributed by atoms with Crippen molar-refractivity contribution in [1.82, 2.24) is 4.98 Å². The topological polar surface area (TPSA) is 86.8 Å². The van der Waals surface area contributed by atoms with Crippen LogP contribution in [0.25, 0.3) is 10.2 Å². The first-order valence-electron chi connectivity index (χ1n) is 9.83. The number of carbonyl (C=O) groups excluding carboxylic acids is 2. The lowest BCUT2D eigenvalue weighted by Crippen LogP contribution is -2.30. The molecule has 156 valence electrons. The molecule has 2 aromatic carbocycles. The third kappa shape index (κ3) is 4.88. The molecule has 0 bridgehead atoms. The van der Waals surface area contributed by atoms with E-state index in [1.807, 2.05) is 24.3 Å². The molecule has 1 aliphatic heterocycles. The van der Waals surface area contributed by atoms with E-state index in [2.05, 4.69) is 10.3 Å². The molecule has 1 aliphatic rings. The molecular formula is C22H22N2O5S. The van der Waals surface area contributed by atoms with Gasteiger partial charge in [0, 0.05) is 18.2 Å². The van der Waals surface area contributed by atoms with Crippen molar-refractivity contribution in [3.63, 3.8) is 0 Å². The van der Waals surface area contributed by atoms with Crippen LogP contribution in [0.1, 0.15) is 24.8 Å². The fraction of sp³-hybridized carbons (Fsp3) is 0.318. The first-order chi connectivity index (χ1) is 14.6. The molecule has 0 saturated carbocycles. The maximum Gasteiger partial charge on any atom is 0.306 e. The summed E-state index contributed by atoms with van der Waals surface area (Å²) in [7, 11) is 0. The molecule has 2 heterocycles. The van der Waals surface area contributed by atoms with Crippen molar-refractivity contribution in [1.29, 1.82) is 0 Å². The first-order valence-corrected chi connectivity index (χ1v) is 10.6. The number of carbonyl (C=O) groups is 2. The Kier molecular flexibility index (Phi) is 6.13. The van der Waals surface area contributed by atoms with Crippen molar-refractivity contribution in [2.75, 3.05) is 18.5 Å². The van der Waals surface area contributed by atoms with Crippen molar-refractivity contribution in [2.24, 2.45) is 0 Å². The predicted octanol–water partition coefficient (Wildman–Crippen LogP) is 3.96. The van der Waals surface area contributed by atoms with E-state index in [1.165, 1.54) is 0 Å². The lowest BCUT2D eigenvalue weighted by atomic mass is 10.2.